The molecule has 2 N–H and O–H groups in total. The van der Waals surface area contributed by atoms with Crippen LogP contribution in [0.4, 0.5) is 18.9 Å². The van der Waals surface area contributed by atoms with E-state index in [9.17, 15) is 18.0 Å². The predicted octanol–water partition coefficient (Wildman–Crippen LogP) is 3.57. The van der Waals surface area contributed by atoms with Crippen LogP contribution in [0.15, 0.2) is 30.3 Å². The summed E-state index contributed by atoms with van der Waals surface area (Å²) in [7, 11) is 0. The van der Waals surface area contributed by atoms with Crippen molar-refractivity contribution in [2.75, 3.05) is 5.73 Å². The van der Waals surface area contributed by atoms with E-state index in [0.717, 1.165) is 18.2 Å². The molecule has 0 aliphatic carbocycles. The van der Waals surface area contributed by atoms with E-state index in [1.165, 1.54) is 12.1 Å². The van der Waals surface area contributed by atoms with Gasteiger partial charge in [0.2, 0.25) is 0 Å². The lowest BCUT2D eigenvalue weighted by Gasteiger charge is -2.08. The van der Waals surface area contributed by atoms with Crippen LogP contribution in [-0.4, -0.2) is 5.78 Å². The maximum atomic E-state index is 13.6. The molecule has 6 heteroatoms. The Kier molecular flexibility index (Phi) is 3.48. The molecular formula is C13H7ClF3NO. The van der Waals surface area contributed by atoms with Crippen LogP contribution in [0.25, 0.3) is 0 Å². The molecule has 19 heavy (non-hydrogen) atoms. The summed E-state index contributed by atoms with van der Waals surface area (Å²) >= 11 is 5.68. The van der Waals surface area contributed by atoms with E-state index in [-0.39, 0.29) is 10.6 Å². The molecular weight excluding hydrogens is 279 g/mol. The van der Waals surface area contributed by atoms with Gasteiger partial charge in [-0.25, -0.2) is 13.2 Å². The van der Waals surface area contributed by atoms with Gasteiger partial charge in [0.1, 0.15) is 5.82 Å². The molecule has 98 valence electrons. The highest BCUT2D eigenvalue weighted by Crippen LogP contribution is 2.27. The quantitative estimate of drug-likeness (QED) is 0.521. The summed E-state index contributed by atoms with van der Waals surface area (Å²) < 4.78 is 40.0. The molecule has 2 nitrogen and oxygen atoms in total. The van der Waals surface area contributed by atoms with Crippen LogP contribution >= 0.6 is 11.6 Å². The van der Waals surface area contributed by atoms with Gasteiger partial charge in [-0.1, -0.05) is 17.7 Å². The number of ketones is 1. The normalized spacial score (nSPS) is 10.5. The van der Waals surface area contributed by atoms with Gasteiger partial charge in [-0.3, -0.25) is 4.79 Å². The summed E-state index contributed by atoms with van der Waals surface area (Å²) in [6, 6.07) is 5.34. The number of carbonyl (C=O) groups excluding carboxylic acids is 1. The molecule has 0 aromatic heterocycles. The molecule has 0 aliphatic heterocycles. The second kappa shape index (κ2) is 4.93. The highest BCUT2D eigenvalue weighted by molar-refractivity contribution is 6.35. The second-order valence-corrected chi connectivity index (χ2v) is 4.16. The van der Waals surface area contributed by atoms with Crippen LogP contribution in [0.2, 0.25) is 5.02 Å². The first-order valence-corrected chi connectivity index (χ1v) is 5.53. The van der Waals surface area contributed by atoms with Gasteiger partial charge >= 0.3 is 0 Å². The van der Waals surface area contributed by atoms with Crippen molar-refractivity contribution < 1.29 is 18.0 Å². The Morgan fingerprint density at radius 3 is 2.42 bits per heavy atom. The average molecular weight is 286 g/mol. The molecule has 0 radical (unpaired) electrons. The van der Waals surface area contributed by atoms with Gasteiger partial charge in [-0.05, 0) is 24.3 Å². The van der Waals surface area contributed by atoms with Gasteiger partial charge in [0.15, 0.2) is 17.4 Å². The number of hydrogen-bond donors (Lipinski definition) is 1. The first-order valence-electron chi connectivity index (χ1n) is 5.15. The molecule has 0 bridgehead atoms. The molecule has 0 fully saturated rings. The molecule has 2 rings (SSSR count). The molecule has 0 amide bonds. The Balaban J connectivity index is 2.63. The molecule has 0 unspecified atom stereocenters. The standard InChI is InChI=1S/C13H7ClF3NO/c14-7-4-5-8(15)11(17)10(7)13(19)6-2-1-3-9(16)12(6)18/h1-5H,18H2. The lowest BCUT2D eigenvalue weighted by atomic mass is 10.0. The summed E-state index contributed by atoms with van der Waals surface area (Å²) in [5.41, 5.74) is 4.03. The number of para-hydroxylation sites is 1. The lowest BCUT2D eigenvalue weighted by molar-refractivity contribution is 0.103. The molecule has 0 spiro atoms. The van der Waals surface area contributed by atoms with E-state index in [1.54, 1.807) is 0 Å². The SMILES string of the molecule is Nc1c(F)cccc1C(=O)c1c(Cl)ccc(F)c1F. The van der Waals surface area contributed by atoms with Gasteiger partial charge < -0.3 is 5.73 Å². The zero-order valence-corrected chi connectivity index (χ0v) is 10.1. The van der Waals surface area contributed by atoms with Gasteiger partial charge in [0, 0.05) is 5.56 Å². The van der Waals surface area contributed by atoms with Crippen molar-refractivity contribution in [1.29, 1.82) is 0 Å². The number of carbonyl (C=O) groups is 1. The van der Waals surface area contributed by atoms with Crippen molar-refractivity contribution in [3.63, 3.8) is 0 Å². The summed E-state index contributed by atoms with van der Waals surface area (Å²) in [5.74, 6) is -4.40. The van der Waals surface area contributed by atoms with Crippen molar-refractivity contribution in [3.8, 4) is 0 Å². The fourth-order valence-corrected chi connectivity index (χ4v) is 1.84. The Hall–Kier alpha value is -2.01. The second-order valence-electron chi connectivity index (χ2n) is 3.75. The van der Waals surface area contributed by atoms with Crippen LogP contribution in [0.1, 0.15) is 15.9 Å². The number of rotatable bonds is 2. The third-order valence-electron chi connectivity index (χ3n) is 2.57. The fraction of sp³-hybridized carbons (Fsp3) is 0. The molecule has 0 saturated heterocycles. The van der Waals surface area contributed by atoms with E-state index in [4.69, 9.17) is 17.3 Å². The molecule has 2 aromatic carbocycles. The van der Waals surface area contributed by atoms with Crippen LogP contribution < -0.4 is 5.73 Å². The first-order chi connectivity index (χ1) is 8.93. The Morgan fingerprint density at radius 2 is 1.74 bits per heavy atom. The van der Waals surface area contributed by atoms with Crippen LogP contribution in [0.3, 0.4) is 0 Å². The summed E-state index contributed by atoms with van der Waals surface area (Å²) in [5, 5.41) is -0.271. The smallest absolute Gasteiger partial charge is 0.199 e. The average Bonchev–Trinajstić information content (AvgIpc) is 2.37. The third-order valence-corrected chi connectivity index (χ3v) is 2.88. The number of anilines is 1. The van der Waals surface area contributed by atoms with E-state index >= 15 is 0 Å². The van der Waals surface area contributed by atoms with Crippen molar-refractivity contribution in [2.24, 2.45) is 0 Å². The van der Waals surface area contributed by atoms with Gasteiger partial charge in [0.25, 0.3) is 0 Å². The van der Waals surface area contributed by atoms with E-state index in [0.29, 0.717) is 0 Å². The minimum atomic E-state index is -1.39. The van der Waals surface area contributed by atoms with Crippen LogP contribution in [0.5, 0.6) is 0 Å². The summed E-state index contributed by atoms with van der Waals surface area (Å²) in [6.45, 7) is 0. The highest BCUT2D eigenvalue weighted by atomic mass is 35.5. The Morgan fingerprint density at radius 1 is 1.05 bits per heavy atom. The monoisotopic (exact) mass is 285 g/mol. The first kappa shape index (κ1) is 13.4. The van der Waals surface area contributed by atoms with Crippen LogP contribution in [0, 0.1) is 17.5 Å². The molecule has 2 aromatic rings. The molecule has 0 saturated carbocycles. The number of nitrogen functional groups attached to an aromatic ring is 1. The van der Waals surface area contributed by atoms with E-state index in [1.807, 2.05) is 0 Å². The minimum Gasteiger partial charge on any atom is -0.396 e. The molecule has 0 aliphatic rings. The Bertz CT molecular complexity index is 673. The van der Waals surface area contributed by atoms with E-state index < -0.39 is 34.5 Å². The number of benzene rings is 2. The maximum absolute atomic E-state index is 13.6. The predicted molar refractivity (Wildman–Crippen MR) is 65.6 cm³/mol. The van der Waals surface area contributed by atoms with Crippen molar-refractivity contribution in [1.82, 2.24) is 0 Å². The lowest BCUT2D eigenvalue weighted by Crippen LogP contribution is -2.10. The van der Waals surface area contributed by atoms with Gasteiger partial charge in [-0.2, -0.15) is 0 Å². The van der Waals surface area contributed by atoms with Crippen molar-refractivity contribution >= 4 is 23.1 Å². The largest absolute Gasteiger partial charge is 0.396 e. The van der Waals surface area contributed by atoms with Gasteiger partial charge in [-0.15, -0.1) is 0 Å². The fourth-order valence-electron chi connectivity index (χ4n) is 1.60. The maximum Gasteiger partial charge on any atom is 0.199 e. The topological polar surface area (TPSA) is 43.1 Å². The zero-order valence-electron chi connectivity index (χ0n) is 9.38. The third kappa shape index (κ3) is 2.29. The number of hydrogen-bond acceptors (Lipinski definition) is 2. The highest BCUT2D eigenvalue weighted by Gasteiger charge is 2.23. The molecule has 0 heterocycles. The van der Waals surface area contributed by atoms with Crippen LogP contribution in [-0.2, 0) is 0 Å². The number of nitrogens with two attached hydrogens (primary N) is 1. The zero-order chi connectivity index (χ0) is 14.2. The number of halogens is 4. The summed E-state index contributed by atoms with van der Waals surface area (Å²) in [6.07, 6.45) is 0. The summed E-state index contributed by atoms with van der Waals surface area (Å²) in [4.78, 5) is 12.1. The Labute approximate surface area is 111 Å². The van der Waals surface area contributed by atoms with Crippen molar-refractivity contribution in [3.05, 3.63) is 63.9 Å². The van der Waals surface area contributed by atoms with Crippen molar-refractivity contribution in [2.45, 2.75) is 0 Å². The minimum absolute atomic E-state index is 0.271. The molecule has 0 atom stereocenters. The van der Waals surface area contributed by atoms with E-state index in [2.05, 4.69) is 0 Å². The van der Waals surface area contributed by atoms with Gasteiger partial charge in [0.05, 0.1) is 16.3 Å².